The Morgan fingerprint density at radius 3 is 2.50 bits per heavy atom. The molecule has 0 aromatic heterocycles. The number of benzene rings is 1. The fourth-order valence-electron chi connectivity index (χ4n) is 1.44. The molecule has 0 saturated carbocycles. The molecule has 0 radical (unpaired) electrons. The molecule has 4 nitrogen and oxygen atoms in total. The molecule has 1 unspecified atom stereocenters. The standard InChI is InChI=1S/C11H12O4S/c12-10(13)5-4-9(11(14)15)7-2-1-3-8(16)6-7/h1-3,6,9,16H,4-5H2,(H,12,13)(H,14,15). The Morgan fingerprint density at radius 2 is 2.00 bits per heavy atom. The van der Waals surface area contributed by atoms with Crippen LogP contribution in [0, 0.1) is 0 Å². The molecule has 0 fully saturated rings. The van der Waals surface area contributed by atoms with Crippen molar-refractivity contribution in [3.8, 4) is 0 Å². The lowest BCUT2D eigenvalue weighted by Crippen LogP contribution is -2.13. The molecular weight excluding hydrogens is 228 g/mol. The van der Waals surface area contributed by atoms with E-state index in [0.717, 1.165) is 0 Å². The zero-order chi connectivity index (χ0) is 12.1. The van der Waals surface area contributed by atoms with Crippen molar-refractivity contribution < 1.29 is 19.8 Å². The van der Waals surface area contributed by atoms with Gasteiger partial charge in [-0.05, 0) is 24.1 Å². The van der Waals surface area contributed by atoms with Crippen LogP contribution < -0.4 is 0 Å². The highest BCUT2D eigenvalue weighted by molar-refractivity contribution is 7.80. The SMILES string of the molecule is O=C(O)CCC(C(=O)O)c1cccc(S)c1. The molecule has 0 saturated heterocycles. The molecule has 0 amide bonds. The first-order chi connectivity index (χ1) is 7.50. The molecule has 0 bridgehead atoms. The highest BCUT2D eigenvalue weighted by Gasteiger charge is 2.20. The van der Waals surface area contributed by atoms with Crippen molar-refractivity contribution in [2.75, 3.05) is 0 Å². The minimum absolute atomic E-state index is 0.0852. The van der Waals surface area contributed by atoms with Gasteiger partial charge in [0, 0.05) is 11.3 Å². The summed E-state index contributed by atoms with van der Waals surface area (Å²) in [5, 5.41) is 17.6. The smallest absolute Gasteiger partial charge is 0.310 e. The number of carboxylic acid groups (broad SMARTS) is 2. The second-order valence-corrected chi connectivity index (χ2v) is 3.93. The van der Waals surface area contributed by atoms with Crippen LogP contribution in [0.5, 0.6) is 0 Å². The Morgan fingerprint density at radius 1 is 1.31 bits per heavy atom. The van der Waals surface area contributed by atoms with Crippen molar-refractivity contribution in [1.29, 1.82) is 0 Å². The first-order valence-corrected chi connectivity index (χ1v) is 5.19. The van der Waals surface area contributed by atoms with Crippen LogP contribution in [-0.4, -0.2) is 22.2 Å². The lowest BCUT2D eigenvalue weighted by atomic mass is 9.94. The van der Waals surface area contributed by atoms with Crippen molar-refractivity contribution in [3.05, 3.63) is 29.8 Å². The first-order valence-electron chi connectivity index (χ1n) is 4.74. The van der Waals surface area contributed by atoms with Crippen molar-refractivity contribution >= 4 is 24.6 Å². The molecule has 2 N–H and O–H groups in total. The van der Waals surface area contributed by atoms with Gasteiger partial charge in [0.1, 0.15) is 0 Å². The number of hydrogen-bond acceptors (Lipinski definition) is 3. The molecule has 0 aliphatic heterocycles. The van der Waals surface area contributed by atoms with Gasteiger partial charge in [0.05, 0.1) is 5.92 Å². The summed E-state index contributed by atoms with van der Waals surface area (Å²) < 4.78 is 0. The molecular formula is C11H12O4S. The monoisotopic (exact) mass is 240 g/mol. The molecule has 1 aromatic rings. The van der Waals surface area contributed by atoms with E-state index in [2.05, 4.69) is 12.6 Å². The van der Waals surface area contributed by atoms with Gasteiger partial charge in [-0.25, -0.2) is 0 Å². The van der Waals surface area contributed by atoms with Gasteiger partial charge in [-0.3, -0.25) is 9.59 Å². The van der Waals surface area contributed by atoms with E-state index in [4.69, 9.17) is 10.2 Å². The number of carboxylic acids is 2. The van der Waals surface area contributed by atoms with E-state index in [1.165, 1.54) is 0 Å². The lowest BCUT2D eigenvalue weighted by molar-refractivity contribution is -0.140. The maximum absolute atomic E-state index is 11.0. The third kappa shape index (κ3) is 3.58. The van der Waals surface area contributed by atoms with E-state index in [1.807, 2.05) is 0 Å². The van der Waals surface area contributed by atoms with Gasteiger partial charge in [0.25, 0.3) is 0 Å². The summed E-state index contributed by atoms with van der Waals surface area (Å²) in [6, 6.07) is 6.75. The molecule has 0 spiro atoms. The quantitative estimate of drug-likeness (QED) is 0.688. The van der Waals surface area contributed by atoms with E-state index in [9.17, 15) is 9.59 Å². The highest BCUT2D eigenvalue weighted by atomic mass is 32.1. The first kappa shape index (κ1) is 12.6. The van der Waals surface area contributed by atoms with Crippen molar-refractivity contribution in [1.82, 2.24) is 0 Å². The summed E-state index contributed by atoms with van der Waals surface area (Å²) in [7, 11) is 0. The summed E-state index contributed by atoms with van der Waals surface area (Å²) in [6.07, 6.45) is -0.0737. The van der Waals surface area contributed by atoms with Crippen LogP contribution in [0.2, 0.25) is 0 Å². The second kappa shape index (κ2) is 5.55. The van der Waals surface area contributed by atoms with Gasteiger partial charge in [-0.15, -0.1) is 12.6 Å². The maximum atomic E-state index is 11.0. The van der Waals surface area contributed by atoms with E-state index >= 15 is 0 Å². The van der Waals surface area contributed by atoms with Crippen LogP contribution in [0.3, 0.4) is 0 Å². The average molecular weight is 240 g/mol. The second-order valence-electron chi connectivity index (χ2n) is 3.42. The number of aliphatic carboxylic acids is 2. The third-order valence-electron chi connectivity index (χ3n) is 2.22. The summed E-state index contributed by atoms with van der Waals surface area (Å²) in [6.45, 7) is 0. The Balaban J connectivity index is 2.85. The van der Waals surface area contributed by atoms with E-state index in [0.29, 0.717) is 10.5 Å². The minimum atomic E-state index is -1.01. The normalized spacial score (nSPS) is 12.1. The van der Waals surface area contributed by atoms with E-state index in [-0.39, 0.29) is 12.8 Å². The van der Waals surface area contributed by atoms with Crippen molar-refractivity contribution in [2.45, 2.75) is 23.7 Å². The largest absolute Gasteiger partial charge is 0.481 e. The summed E-state index contributed by atoms with van der Waals surface area (Å²) in [4.78, 5) is 22.1. The van der Waals surface area contributed by atoms with Crippen LogP contribution >= 0.6 is 12.6 Å². The number of thiol groups is 1. The Bertz CT molecular complexity index is 403. The minimum Gasteiger partial charge on any atom is -0.481 e. The molecule has 1 atom stereocenters. The van der Waals surface area contributed by atoms with Crippen LogP contribution in [-0.2, 0) is 9.59 Å². The fourth-order valence-corrected chi connectivity index (χ4v) is 1.68. The van der Waals surface area contributed by atoms with E-state index < -0.39 is 17.9 Å². The summed E-state index contributed by atoms with van der Waals surface area (Å²) >= 11 is 4.12. The van der Waals surface area contributed by atoms with Gasteiger partial charge in [-0.2, -0.15) is 0 Å². The van der Waals surface area contributed by atoms with Gasteiger partial charge in [0.2, 0.25) is 0 Å². The third-order valence-corrected chi connectivity index (χ3v) is 2.50. The van der Waals surface area contributed by atoms with Gasteiger partial charge in [-0.1, -0.05) is 12.1 Å². The Labute approximate surface area is 98.3 Å². The molecule has 86 valence electrons. The van der Waals surface area contributed by atoms with Gasteiger partial charge < -0.3 is 10.2 Å². The zero-order valence-electron chi connectivity index (χ0n) is 8.46. The predicted molar refractivity (Wildman–Crippen MR) is 60.9 cm³/mol. The van der Waals surface area contributed by atoms with Crippen LogP contribution in [0.25, 0.3) is 0 Å². The fraction of sp³-hybridized carbons (Fsp3) is 0.273. The maximum Gasteiger partial charge on any atom is 0.310 e. The van der Waals surface area contributed by atoms with Gasteiger partial charge >= 0.3 is 11.9 Å². The molecule has 1 rings (SSSR count). The molecule has 0 aliphatic rings. The molecule has 1 aromatic carbocycles. The Hall–Kier alpha value is -1.49. The summed E-state index contributed by atoms with van der Waals surface area (Å²) in [5.74, 6) is -2.79. The molecule has 5 heteroatoms. The van der Waals surface area contributed by atoms with Crippen LogP contribution in [0.4, 0.5) is 0 Å². The predicted octanol–water partition coefficient (Wildman–Crippen LogP) is 2.01. The highest BCUT2D eigenvalue weighted by Crippen LogP contribution is 2.23. The van der Waals surface area contributed by atoms with Crippen molar-refractivity contribution in [3.63, 3.8) is 0 Å². The van der Waals surface area contributed by atoms with Gasteiger partial charge in [0.15, 0.2) is 0 Å². The molecule has 16 heavy (non-hydrogen) atoms. The number of rotatable bonds is 5. The average Bonchev–Trinajstić information content (AvgIpc) is 2.17. The number of carbonyl (C=O) groups is 2. The van der Waals surface area contributed by atoms with Crippen LogP contribution in [0.1, 0.15) is 24.3 Å². The summed E-state index contributed by atoms with van der Waals surface area (Å²) in [5.41, 5.74) is 0.584. The molecule has 0 heterocycles. The zero-order valence-corrected chi connectivity index (χ0v) is 9.35. The topological polar surface area (TPSA) is 74.6 Å². The lowest BCUT2D eigenvalue weighted by Gasteiger charge is -2.11. The molecule has 0 aliphatic carbocycles. The number of hydrogen-bond donors (Lipinski definition) is 3. The Kier molecular flexibility index (Phi) is 4.37. The van der Waals surface area contributed by atoms with Crippen LogP contribution in [0.15, 0.2) is 29.2 Å². The van der Waals surface area contributed by atoms with Crippen molar-refractivity contribution in [2.24, 2.45) is 0 Å². The van der Waals surface area contributed by atoms with E-state index in [1.54, 1.807) is 24.3 Å².